The van der Waals surface area contributed by atoms with Gasteiger partial charge in [0.25, 0.3) is 10.0 Å². The summed E-state index contributed by atoms with van der Waals surface area (Å²) < 4.78 is 79.4. The Morgan fingerprint density at radius 1 is 1.00 bits per heavy atom. The molecule has 0 radical (unpaired) electrons. The van der Waals surface area contributed by atoms with E-state index in [4.69, 9.17) is 4.74 Å². The average Bonchev–Trinajstić information content (AvgIpc) is 3.37. The van der Waals surface area contributed by atoms with Crippen molar-refractivity contribution >= 4 is 16.0 Å². The fraction of sp³-hybridized carbons (Fsp3) is 0.345. The van der Waals surface area contributed by atoms with Gasteiger partial charge in [-0.25, -0.2) is 18.1 Å². The van der Waals surface area contributed by atoms with Crippen LogP contribution < -0.4 is 9.46 Å². The van der Waals surface area contributed by atoms with Gasteiger partial charge in [0.05, 0.1) is 11.9 Å². The number of nitrogens with zero attached hydrogens (tertiary/aromatic N) is 5. The van der Waals surface area contributed by atoms with E-state index in [1.165, 1.54) is 24.0 Å². The van der Waals surface area contributed by atoms with Gasteiger partial charge >= 0.3 is 6.18 Å². The monoisotopic (exact) mass is 600 g/mol. The lowest BCUT2D eigenvalue weighted by Crippen LogP contribution is -2.29. The highest BCUT2D eigenvalue weighted by Gasteiger charge is 2.41. The van der Waals surface area contributed by atoms with Crippen LogP contribution in [-0.4, -0.2) is 53.2 Å². The molecular formula is C29H31F3N6O3S. The van der Waals surface area contributed by atoms with Crippen LogP contribution in [0.25, 0.3) is 11.3 Å². The summed E-state index contributed by atoms with van der Waals surface area (Å²) in [5, 5.41) is 3.86. The molecule has 42 heavy (non-hydrogen) atoms. The fourth-order valence-corrected chi connectivity index (χ4v) is 5.92. The van der Waals surface area contributed by atoms with Gasteiger partial charge in [-0.2, -0.15) is 23.3 Å². The summed E-state index contributed by atoms with van der Waals surface area (Å²) in [5.74, 6) is -0.904. The number of aromatic nitrogens is 4. The summed E-state index contributed by atoms with van der Waals surface area (Å²) in [7, 11) is -0.656. The molecule has 13 heteroatoms. The molecule has 2 aromatic carbocycles. The number of sulfonamides is 1. The number of likely N-dealkylation sites (tertiary alicyclic amines) is 1. The number of nitrogens with one attached hydrogen (secondary N) is 1. The number of aryl methyl sites for hydroxylation is 2. The Morgan fingerprint density at radius 2 is 1.69 bits per heavy atom. The van der Waals surface area contributed by atoms with Gasteiger partial charge in [-0.15, -0.1) is 0 Å². The van der Waals surface area contributed by atoms with Gasteiger partial charge in [0.1, 0.15) is 16.2 Å². The highest BCUT2D eigenvalue weighted by atomic mass is 32.2. The van der Waals surface area contributed by atoms with Crippen molar-refractivity contribution in [1.82, 2.24) is 24.6 Å². The Morgan fingerprint density at radius 3 is 2.31 bits per heavy atom. The molecule has 1 aliphatic heterocycles. The normalized spacial score (nSPS) is 15.1. The second-order valence-electron chi connectivity index (χ2n) is 10.5. The van der Waals surface area contributed by atoms with Crippen molar-refractivity contribution in [3.05, 3.63) is 77.1 Å². The van der Waals surface area contributed by atoms with Gasteiger partial charge in [-0.05, 0) is 81.6 Å². The third-order valence-electron chi connectivity index (χ3n) is 7.52. The Kier molecular flexibility index (Phi) is 7.99. The van der Waals surface area contributed by atoms with Gasteiger partial charge in [-0.1, -0.05) is 30.3 Å². The maximum absolute atomic E-state index is 14.7. The highest BCUT2D eigenvalue weighted by molar-refractivity contribution is 7.92. The van der Waals surface area contributed by atoms with Gasteiger partial charge in [0.15, 0.2) is 0 Å². The van der Waals surface area contributed by atoms with Crippen LogP contribution in [0.2, 0.25) is 0 Å². The van der Waals surface area contributed by atoms with Crippen molar-refractivity contribution in [2.24, 2.45) is 7.05 Å². The topological polar surface area (TPSA) is 102 Å². The number of benzene rings is 2. The van der Waals surface area contributed by atoms with Crippen LogP contribution in [0.1, 0.15) is 41.0 Å². The number of anilines is 1. The molecule has 0 aliphatic carbocycles. The zero-order valence-corrected chi connectivity index (χ0v) is 24.4. The zero-order chi connectivity index (χ0) is 30.2. The van der Waals surface area contributed by atoms with Crippen LogP contribution in [0.3, 0.4) is 0 Å². The van der Waals surface area contributed by atoms with Gasteiger partial charge in [0.2, 0.25) is 11.8 Å². The molecule has 0 bridgehead atoms. The second kappa shape index (κ2) is 11.4. The first-order valence-corrected chi connectivity index (χ1v) is 14.8. The van der Waals surface area contributed by atoms with E-state index in [1.54, 1.807) is 38.1 Å². The van der Waals surface area contributed by atoms with E-state index in [1.807, 2.05) is 12.1 Å². The third-order valence-corrected chi connectivity index (χ3v) is 8.80. The van der Waals surface area contributed by atoms with Gasteiger partial charge in [0, 0.05) is 18.8 Å². The van der Waals surface area contributed by atoms with Crippen LogP contribution in [0.5, 0.6) is 11.6 Å². The van der Waals surface area contributed by atoms with Gasteiger partial charge < -0.3 is 9.64 Å². The maximum Gasteiger partial charge on any atom is 0.423 e. The number of piperidine rings is 1. The lowest BCUT2D eigenvalue weighted by Gasteiger charge is -2.29. The number of hydrogen-bond acceptors (Lipinski definition) is 7. The summed E-state index contributed by atoms with van der Waals surface area (Å²) in [5.41, 5.74) is 0.838. The molecule has 0 spiro atoms. The average molecular weight is 601 g/mol. The standard InChI is InChI=1S/C29H31F3N6O3S/c1-18-6-5-7-24(19(18)2)26-25(29(30,31)32)27(35-28(34-26)36-42(39,40)23-16-33-38(4)17-23)41-22-10-8-20(9-11-22)21-12-14-37(3)15-13-21/h5-11,16-17,21H,12-15H2,1-4H3,(H,34,35,36). The molecule has 4 aromatic rings. The van der Waals surface area contributed by atoms with E-state index in [2.05, 4.69) is 31.7 Å². The SMILES string of the molecule is Cc1cccc(-c2nc(NS(=O)(=O)c3cnn(C)c3)nc(Oc3ccc(C4CCN(C)CC4)cc3)c2C(F)(F)F)c1C. The van der Waals surface area contributed by atoms with E-state index < -0.39 is 39.3 Å². The van der Waals surface area contributed by atoms with Crippen molar-refractivity contribution in [2.75, 3.05) is 24.9 Å². The predicted molar refractivity (Wildman–Crippen MR) is 152 cm³/mol. The Hall–Kier alpha value is -3.97. The molecule has 0 atom stereocenters. The smallest absolute Gasteiger partial charge is 0.423 e. The molecule has 1 N–H and O–H groups in total. The largest absolute Gasteiger partial charge is 0.438 e. The fourth-order valence-electron chi connectivity index (χ4n) is 5.00. The van der Waals surface area contributed by atoms with Crippen molar-refractivity contribution < 1.29 is 26.3 Å². The van der Waals surface area contributed by atoms with E-state index in [0.29, 0.717) is 11.5 Å². The third kappa shape index (κ3) is 6.26. The number of alkyl halides is 3. The molecule has 9 nitrogen and oxygen atoms in total. The summed E-state index contributed by atoms with van der Waals surface area (Å²) in [6.07, 6.45) is -0.584. The molecule has 1 saturated heterocycles. The van der Waals surface area contributed by atoms with E-state index in [9.17, 15) is 21.6 Å². The molecule has 222 valence electrons. The van der Waals surface area contributed by atoms with E-state index in [-0.39, 0.29) is 16.2 Å². The quantitative estimate of drug-likeness (QED) is 0.281. The summed E-state index contributed by atoms with van der Waals surface area (Å²) >= 11 is 0. The lowest BCUT2D eigenvalue weighted by molar-refractivity contribution is -0.138. The Bertz CT molecular complexity index is 1700. The van der Waals surface area contributed by atoms with E-state index in [0.717, 1.165) is 43.3 Å². The molecule has 2 aromatic heterocycles. The van der Waals surface area contributed by atoms with Crippen LogP contribution in [0, 0.1) is 13.8 Å². The second-order valence-corrected chi connectivity index (χ2v) is 12.2. The minimum absolute atomic E-state index is 0.129. The van der Waals surface area contributed by atoms with E-state index >= 15 is 0 Å². The first kappa shape index (κ1) is 29.5. The van der Waals surface area contributed by atoms with Crippen molar-refractivity contribution in [3.8, 4) is 22.9 Å². The first-order chi connectivity index (χ1) is 19.8. The predicted octanol–water partition coefficient (Wildman–Crippen LogP) is 5.92. The lowest BCUT2D eigenvalue weighted by atomic mass is 9.90. The molecule has 3 heterocycles. The van der Waals surface area contributed by atoms with Crippen LogP contribution >= 0.6 is 0 Å². The minimum atomic E-state index is -4.92. The number of hydrogen-bond donors (Lipinski definition) is 1. The summed E-state index contributed by atoms with van der Waals surface area (Å²) in [6, 6.07) is 11.8. The first-order valence-electron chi connectivity index (χ1n) is 13.4. The van der Waals surface area contributed by atoms with Crippen molar-refractivity contribution in [2.45, 2.75) is 43.7 Å². The molecule has 5 rings (SSSR count). The number of ether oxygens (including phenoxy) is 1. The molecule has 0 saturated carbocycles. The Labute approximate surface area is 242 Å². The van der Waals surface area contributed by atoms with Crippen LogP contribution in [0.15, 0.2) is 59.8 Å². The number of rotatable bonds is 7. The Balaban J connectivity index is 1.60. The summed E-state index contributed by atoms with van der Waals surface area (Å²) in [6.45, 7) is 5.38. The highest BCUT2D eigenvalue weighted by Crippen LogP contribution is 2.44. The van der Waals surface area contributed by atoms with Crippen molar-refractivity contribution in [1.29, 1.82) is 0 Å². The molecule has 1 aliphatic rings. The van der Waals surface area contributed by atoms with Gasteiger partial charge in [-0.3, -0.25) is 4.68 Å². The summed E-state index contributed by atoms with van der Waals surface area (Å²) in [4.78, 5) is 10.1. The number of halogens is 3. The maximum atomic E-state index is 14.7. The molecule has 0 unspecified atom stereocenters. The van der Waals surface area contributed by atoms with Crippen LogP contribution in [0.4, 0.5) is 19.1 Å². The molecular weight excluding hydrogens is 569 g/mol. The molecule has 0 amide bonds. The zero-order valence-electron chi connectivity index (χ0n) is 23.6. The minimum Gasteiger partial charge on any atom is -0.438 e. The van der Waals surface area contributed by atoms with Crippen LogP contribution in [-0.2, 0) is 23.2 Å². The molecule has 1 fully saturated rings. The van der Waals surface area contributed by atoms with Crippen molar-refractivity contribution in [3.63, 3.8) is 0 Å².